The molecular weight excluding hydrogens is 272 g/mol. The number of hydrogen-bond acceptors (Lipinski definition) is 2. The van der Waals surface area contributed by atoms with Crippen molar-refractivity contribution in [1.29, 1.82) is 0 Å². The van der Waals surface area contributed by atoms with Crippen molar-refractivity contribution < 1.29 is 4.79 Å². The highest BCUT2D eigenvalue weighted by atomic mass is 16.1. The van der Waals surface area contributed by atoms with E-state index in [0.29, 0.717) is 24.9 Å². The second-order valence-corrected chi connectivity index (χ2v) is 6.93. The monoisotopic (exact) mass is 302 g/mol. The average Bonchev–Trinajstić information content (AvgIpc) is 2.49. The molecule has 1 aliphatic rings. The summed E-state index contributed by atoms with van der Waals surface area (Å²) in [5.74, 6) is 0.580. The molecule has 0 saturated carbocycles. The Kier molecular flexibility index (Phi) is 6.44. The van der Waals surface area contributed by atoms with Crippen molar-refractivity contribution >= 4 is 5.91 Å². The SMILES string of the molecule is Cc1ccc(C(CNC(=O)CC(C)C)N2CCCCC2)cc1. The van der Waals surface area contributed by atoms with Gasteiger partial charge in [-0.25, -0.2) is 0 Å². The van der Waals surface area contributed by atoms with Gasteiger partial charge in [-0.3, -0.25) is 9.69 Å². The molecule has 1 aliphatic heterocycles. The topological polar surface area (TPSA) is 32.3 Å². The third-order valence-corrected chi connectivity index (χ3v) is 4.38. The average molecular weight is 302 g/mol. The fraction of sp³-hybridized carbons (Fsp3) is 0.632. The van der Waals surface area contributed by atoms with Gasteiger partial charge in [0.15, 0.2) is 0 Å². The lowest BCUT2D eigenvalue weighted by Crippen LogP contribution is -2.40. The first kappa shape index (κ1) is 17.0. The van der Waals surface area contributed by atoms with E-state index in [0.717, 1.165) is 13.1 Å². The van der Waals surface area contributed by atoms with Crippen LogP contribution < -0.4 is 5.32 Å². The van der Waals surface area contributed by atoms with Crippen LogP contribution in [0.5, 0.6) is 0 Å². The second kappa shape index (κ2) is 8.33. The van der Waals surface area contributed by atoms with Gasteiger partial charge in [-0.05, 0) is 44.3 Å². The molecule has 1 unspecified atom stereocenters. The third-order valence-electron chi connectivity index (χ3n) is 4.38. The zero-order valence-corrected chi connectivity index (χ0v) is 14.3. The number of hydrogen-bond donors (Lipinski definition) is 1. The van der Waals surface area contributed by atoms with Crippen molar-refractivity contribution in [3.63, 3.8) is 0 Å². The molecule has 0 radical (unpaired) electrons. The van der Waals surface area contributed by atoms with Crippen LogP contribution in [0, 0.1) is 12.8 Å². The van der Waals surface area contributed by atoms with Crippen LogP contribution in [-0.4, -0.2) is 30.4 Å². The molecule has 1 aromatic carbocycles. The number of likely N-dealkylation sites (tertiary alicyclic amines) is 1. The summed E-state index contributed by atoms with van der Waals surface area (Å²) in [7, 11) is 0. The van der Waals surface area contributed by atoms with Crippen LogP contribution in [0.3, 0.4) is 0 Å². The molecule has 0 spiro atoms. The predicted molar refractivity (Wildman–Crippen MR) is 91.8 cm³/mol. The van der Waals surface area contributed by atoms with Gasteiger partial charge in [0, 0.05) is 13.0 Å². The number of piperidine rings is 1. The maximum Gasteiger partial charge on any atom is 0.220 e. The van der Waals surface area contributed by atoms with Gasteiger partial charge in [-0.15, -0.1) is 0 Å². The summed E-state index contributed by atoms with van der Waals surface area (Å²) >= 11 is 0. The molecule has 3 nitrogen and oxygen atoms in total. The summed E-state index contributed by atoms with van der Waals surface area (Å²) in [4.78, 5) is 14.5. The van der Waals surface area contributed by atoms with Crippen LogP contribution in [0.25, 0.3) is 0 Å². The molecule has 1 atom stereocenters. The molecule has 1 aromatic rings. The number of nitrogens with one attached hydrogen (secondary N) is 1. The van der Waals surface area contributed by atoms with E-state index in [9.17, 15) is 4.79 Å². The van der Waals surface area contributed by atoms with Crippen molar-refractivity contribution in [1.82, 2.24) is 10.2 Å². The van der Waals surface area contributed by atoms with Gasteiger partial charge in [0.1, 0.15) is 0 Å². The first-order valence-electron chi connectivity index (χ1n) is 8.63. The fourth-order valence-electron chi connectivity index (χ4n) is 3.13. The summed E-state index contributed by atoms with van der Waals surface area (Å²) in [6.07, 6.45) is 4.47. The molecule has 1 saturated heterocycles. The minimum Gasteiger partial charge on any atom is -0.354 e. The highest BCUT2D eigenvalue weighted by Gasteiger charge is 2.22. The Morgan fingerprint density at radius 2 is 1.77 bits per heavy atom. The molecule has 1 fully saturated rings. The number of amides is 1. The van der Waals surface area contributed by atoms with E-state index in [4.69, 9.17) is 0 Å². The van der Waals surface area contributed by atoms with Gasteiger partial charge in [-0.2, -0.15) is 0 Å². The van der Waals surface area contributed by atoms with Crippen molar-refractivity contribution in [2.75, 3.05) is 19.6 Å². The van der Waals surface area contributed by atoms with Crippen LogP contribution in [0.1, 0.15) is 56.7 Å². The Morgan fingerprint density at radius 3 is 2.36 bits per heavy atom. The van der Waals surface area contributed by atoms with Crippen molar-refractivity contribution in [3.05, 3.63) is 35.4 Å². The number of benzene rings is 1. The molecule has 1 N–H and O–H groups in total. The Morgan fingerprint density at radius 1 is 1.14 bits per heavy atom. The molecular formula is C19H30N2O. The van der Waals surface area contributed by atoms with Gasteiger partial charge in [-0.1, -0.05) is 50.1 Å². The lowest BCUT2D eigenvalue weighted by atomic mass is 10.0. The Balaban J connectivity index is 2.04. The first-order valence-corrected chi connectivity index (χ1v) is 8.63. The Bertz CT molecular complexity index is 461. The van der Waals surface area contributed by atoms with Gasteiger partial charge in [0.05, 0.1) is 6.04 Å². The molecule has 0 aliphatic carbocycles. The van der Waals surface area contributed by atoms with Crippen LogP contribution >= 0.6 is 0 Å². The quantitative estimate of drug-likeness (QED) is 0.869. The maximum atomic E-state index is 12.0. The van der Waals surface area contributed by atoms with Crippen LogP contribution in [0.2, 0.25) is 0 Å². The summed E-state index contributed by atoms with van der Waals surface area (Å²) < 4.78 is 0. The summed E-state index contributed by atoms with van der Waals surface area (Å²) in [5, 5.41) is 3.14. The minimum atomic E-state index is 0.170. The number of rotatable bonds is 6. The van der Waals surface area contributed by atoms with Crippen molar-refractivity contribution in [2.45, 2.75) is 52.5 Å². The number of carbonyl (C=O) groups is 1. The molecule has 0 bridgehead atoms. The third kappa shape index (κ3) is 5.13. The molecule has 0 aromatic heterocycles. The van der Waals surface area contributed by atoms with E-state index in [-0.39, 0.29) is 5.91 Å². The second-order valence-electron chi connectivity index (χ2n) is 6.93. The zero-order valence-electron chi connectivity index (χ0n) is 14.3. The molecule has 22 heavy (non-hydrogen) atoms. The summed E-state index contributed by atoms with van der Waals surface area (Å²) in [6.45, 7) is 9.28. The summed E-state index contributed by atoms with van der Waals surface area (Å²) in [6, 6.07) is 9.06. The normalized spacial score (nSPS) is 17.5. The highest BCUT2D eigenvalue weighted by molar-refractivity contribution is 5.76. The Labute approximate surface area is 135 Å². The van der Waals surface area contributed by atoms with Crippen LogP contribution in [0.15, 0.2) is 24.3 Å². The maximum absolute atomic E-state index is 12.0. The van der Waals surface area contributed by atoms with Crippen LogP contribution in [-0.2, 0) is 4.79 Å². The fourth-order valence-corrected chi connectivity index (χ4v) is 3.13. The van der Waals surface area contributed by atoms with E-state index >= 15 is 0 Å². The van der Waals surface area contributed by atoms with Crippen molar-refractivity contribution in [3.8, 4) is 0 Å². The van der Waals surface area contributed by atoms with Gasteiger partial charge in [0.2, 0.25) is 5.91 Å². The van der Waals surface area contributed by atoms with E-state index < -0.39 is 0 Å². The standard InChI is InChI=1S/C19H30N2O/c1-15(2)13-19(22)20-14-18(21-11-5-4-6-12-21)17-9-7-16(3)8-10-17/h7-10,15,18H,4-6,11-14H2,1-3H3,(H,20,22). The first-order chi connectivity index (χ1) is 10.6. The van der Waals surface area contributed by atoms with E-state index in [1.54, 1.807) is 0 Å². The highest BCUT2D eigenvalue weighted by Crippen LogP contribution is 2.24. The molecule has 2 rings (SSSR count). The number of carbonyl (C=O) groups excluding carboxylic acids is 1. The lowest BCUT2D eigenvalue weighted by Gasteiger charge is -2.35. The minimum absolute atomic E-state index is 0.170. The predicted octanol–water partition coefficient (Wildman–Crippen LogP) is 3.68. The van der Waals surface area contributed by atoms with Crippen molar-refractivity contribution in [2.24, 2.45) is 5.92 Å². The molecule has 1 amide bonds. The number of nitrogens with zero attached hydrogens (tertiary/aromatic N) is 1. The van der Waals surface area contributed by atoms with E-state index in [1.807, 2.05) is 0 Å². The van der Waals surface area contributed by atoms with E-state index in [1.165, 1.54) is 30.4 Å². The summed E-state index contributed by atoms with van der Waals surface area (Å²) in [5.41, 5.74) is 2.60. The Hall–Kier alpha value is -1.35. The molecule has 3 heteroatoms. The zero-order chi connectivity index (χ0) is 15.9. The van der Waals surface area contributed by atoms with Gasteiger partial charge >= 0.3 is 0 Å². The largest absolute Gasteiger partial charge is 0.354 e. The lowest BCUT2D eigenvalue weighted by molar-refractivity contribution is -0.122. The van der Waals surface area contributed by atoms with Gasteiger partial charge < -0.3 is 5.32 Å². The van der Waals surface area contributed by atoms with Crippen LogP contribution in [0.4, 0.5) is 0 Å². The number of aryl methyl sites for hydroxylation is 1. The molecule has 122 valence electrons. The smallest absolute Gasteiger partial charge is 0.220 e. The van der Waals surface area contributed by atoms with Gasteiger partial charge in [0.25, 0.3) is 0 Å². The molecule has 1 heterocycles. The van der Waals surface area contributed by atoms with E-state index in [2.05, 4.69) is 55.3 Å².